The highest BCUT2D eigenvalue weighted by Crippen LogP contribution is 2.44. The van der Waals surface area contributed by atoms with E-state index >= 15 is 0 Å². The van der Waals surface area contributed by atoms with Crippen LogP contribution in [0, 0.1) is 0 Å². The van der Waals surface area contributed by atoms with Crippen molar-refractivity contribution in [2.75, 3.05) is 11.9 Å². The Balaban J connectivity index is 1.29. The fourth-order valence-corrected chi connectivity index (χ4v) is 4.61. The number of fused-ring (bicyclic) bond motifs is 3. The quantitative estimate of drug-likeness (QED) is 0.462. The number of nitrogens with one attached hydrogen (secondary N) is 2. The number of hydrogen-bond acceptors (Lipinski definition) is 6. The molecule has 4 rings (SSSR count). The average molecular weight is 466 g/mol. The van der Waals surface area contributed by atoms with Crippen LogP contribution in [0.15, 0.2) is 54.7 Å². The summed E-state index contributed by atoms with van der Waals surface area (Å²) in [7, 11) is 0. The van der Waals surface area contributed by atoms with Crippen LogP contribution in [0.25, 0.3) is 11.1 Å². The number of carboxylic acid groups (broad SMARTS) is 1. The third-order valence-corrected chi connectivity index (χ3v) is 6.43. The average Bonchev–Trinajstić information content (AvgIpc) is 3.38. The summed E-state index contributed by atoms with van der Waals surface area (Å²) >= 11 is 1.24. The second-order valence-corrected chi connectivity index (χ2v) is 8.82. The van der Waals surface area contributed by atoms with E-state index in [1.54, 1.807) is 6.20 Å². The zero-order chi connectivity index (χ0) is 23.4. The first kappa shape index (κ1) is 22.5. The van der Waals surface area contributed by atoms with Gasteiger partial charge in [0.15, 0.2) is 5.13 Å². The van der Waals surface area contributed by atoms with Gasteiger partial charge < -0.3 is 15.2 Å². The van der Waals surface area contributed by atoms with Gasteiger partial charge in [0.2, 0.25) is 5.91 Å². The molecule has 0 radical (unpaired) electrons. The summed E-state index contributed by atoms with van der Waals surface area (Å²) in [6.07, 6.45) is 1.51. The Kier molecular flexibility index (Phi) is 6.69. The molecule has 2 amide bonds. The second kappa shape index (κ2) is 9.83. The molecule has 3 N–H and O–H groups in total. The minimum absolute atomic E-state index is 0.0262. The van der Waals surface area contributed by atoms with Crippen LogP contribution in [-0.2, 0) is 20.7 Å². The highest BCUT2D eigenvalue weighted by molar-refractivity contribution is 7.15. The molecule has 1 aliphatic rings. The number of aliphatic carboxylic acids is 1. The fraction of sp³-hybridized carbons (Fsp3) is 0.250. The van der Waals surface area contributed by atoms with Crippen LogP contribution in [0.3, 0.4) is 0 Å². The molecule has 9 heteroatoms. The van der Waals surface area contributed by atoms with Crippen LogP contribution >= 0.6 is 11.3 Å². The van der Waals surface area contributed by atoms with Crippen molar-refractivity contribution in [1.82, 2.24) is 10.3 Å². The third-order valence-electron chi connectivity index (χ3n) is 5.45. The molecule has 0 saturated heterocycles. The topological polar surface area (TPSA) is 118 Å². The molecule has 1 atom stereocenters. The van der Waals surface area contributed by atoms with Crippen molar-refractivity contribution in [2.45, 2.75) is 31.7 Å². The number of carbonyl (C=O) groups is 3. The van der Waals surface area contributed by atoms with Gasteiger partial charge in [0.1, 0.15) is 12.6 Å². The Morgan fingerprint density at radius 2 is 1.73 bits per heavy atom. The zero-order valence-corrected chi connectivity index (χ0v) is 18.7. The number of amides is 2. The molecule has 0 saturated carbocycles. The first-order valence-corrected chi connectivity index (χ1v) is 11.3. The molecular formula is C24H23N3O5S. The second-order valence-electron chi connectivity index (χ2n) is 7.71. The summed E-state index contributed by atoms with van der Waals surface area (Å²) in [6.45, 7) is 1.61. The number of hydrogen-bond donors (Lipinski definition) is 3. The standard InChI is InChI=1S/C24H23N3O5S/c1-14(22(29)30)26-21(28)11-10-15-12-25-23(33-15)27-24(31)32-13-20-18-8-4-2-6-16(18)17-7-3-5-9-19(17)20/h2-9,12,14,20H,10-11,13H2,1H3,(H,26,28)(H,29,30)(H,25,27,31)/t14-/m1/s1. The summed E-state index contributed by atoms with van der Waals surface area (Å²) < 4.78 is 5.51. The molecule has 0 aliphatic heterocycles. The van der Waals surface area contributed by atoms with Crippen molar-refractivity contribution in [3.05, 3.63) is 70.7 Å². The molecule has 0 bridgehead atoms. The van der Waals surface area contributed by atoms with Crippen LogP contribution in [0.5, 0.6) is 0 Å². The first-order chi connectivity index (χ1) is 15.9. The molecule has 0 spiro atoms. The normalized spacial score (nSPS) is 13.0. The van der Waals surface area contributed by atoms with Crippen LogP contribution in [0.4, 0.5) is 9.93 Å². The van der Waals surface area contributed by atoms with Crippen LogP contribution < -0.4 is 10.6 Å². The van der Waals surface area contributed by atoms with Gasteiger partial charge in [0, 0.05) is 23.4 Å². The van der Waals surface area contributed by atoms with E-state index in [0.29, 0.717) is 11.6 Å². The number of aromatic nitrogens is 1. The Hall–Kier alpha value is -3.72. The van der Waals surface area contributed by atoms with Gasteiger partial charge in [-0.25, -0.2) is 9.78 Å². The van der Waals surface area contributed by atoms with Gasteiger partial charge in [-0.3, -0.25) is 14.9 Å². The Bertz CT molecular complexity index is 1150. The Labute approximate surface area is 194 Å². The maximum Gasteiger partial charge on any atom is 0.413 e. The van der Waals surface area contributed by atoms with Gasteiger partial charge in [0.25, 0.3) is 0 Å². The number of rotatable bonds is 8. The number of aryl methyl sites for hydroxylation is 1. The predicted molar refractivity (Wildman–Crippen MR) is 124 cm³/mol. The van der Waals surface area contributed by atoms with Crippen LogP contribution in [0.1, 0.15) is 35.3 Å². The molecular weight excluding hydrogens is 442 g/mol. The number of ether oxygens (including phenoxy) is 1. The van der Waals surface area contributed by atoms with Gasteiger partial charge in [-0.05, 0) is 35.6 Å². The minimum atomic E-state index is -1.09. The van der Waals surface area contributed by atoms with Crippen molar-refractivity contribution in [3.63, 3.8) is 0 Å². The smallest absolute Gasteiger partial charge is 0.413 e. The fourth-order valence-electron chi connectivity index (χ4n) is 3.81. The minimum Gasteiger partial charge on any atom is -0.480 e. The summed E-state index contributed by atoms with van der Waals surface area (Å²) in [5.74, 6) is -1.47. The molecule has 0 fully saturated rings. The van der Waals surface area contributed by atoms with E-state index in [2.05, 4.69) is 39.9 Å². The van der Waals surface area contributed by atoms with Gasteiger partial charge in [0.05, 0.1) is 0 Å². The zero-order valence-electron chi connectivity index (χ0n) is 17.9. The summed E-state index contributed by atoms with van der Waals surface area (Å²) in [4.78, 5) is 39.9. The highest BCUT2D eigenvalue weighted by atomic mass is 32.1. The monoisotopic (exact) mass is 465 g/mol. The highest BCUT2D eigenvalue weighted by Gasteiger charge is 2.29. The molecule has 0 unspecified atom stereocenters. The van der Waals surface area contributed by atoms with Crippen LogP contribution in [-0.4, -0.2) is 40.7 Å². The molecule has 3 aromatic rings. The predicted octanol–water partition coefficient (Wildman–Crippen LogP) is 4.03. The Morgan fingerprint density at radius 3 is 2.36 bits per heavy atom. The lowest BCUT2D eigenvalue weighted by Crippen LogP contribution is -2.38. The molecule has 170 valence electrons. The van der Waals surface area contributed by atoms with E-state index in [1.165, 1.54) is 18.3 Å². The maximum atomic E-state index is 12.4. The van der Waals surface area contributed by atoms with Crippen molar-refractivity contribution in [1.29, 1.82) is 0 Å². The van der Waals surface area contributed by atoms with Gasteiger partial charge in [-0.1, -0.05) is 48.5 Å². The Morgan fingerprint density at radius 1 is 1.09 bits per heavy atom. The number of carboxylic acids is 1. The maximum absolute atomic E-state index is 12.4. The lowest BCUT2D eigenvalue weighted by Gasteiger charge is -2.14. The molecule has 1 aromatic heterocycles. The van der Waals surface area contributed by atoms with Crippen molar-refractivity contribution >= 4 is 34.4 Å². The van der Waals surface area contributed by atoms with E-state index in [4.69, 9.17) is 9.84 Å². The van der Waals surface area contributed by atoms with E-state index < -0.39 is 18.1 Å². The van der Waals surface area contributed by atoms with E-state index in [9.17, 15) is 14.4 Å². The number of anilines is 1. The van der Waals surface area contributed by atoms with E-state index in [1.807, 2.05) is 24.3 Å². The number of nitrogens with zero attached hydrogens (tertiary/aromatic N) is 1. The molecule has 8 nitrogen and oxygen atoms in total. The summed E-state index contributed by atoms with van der Waals surface area (Å²) in [5.41, 5.74) is 4.60. The van der Waals surface area contributed by atoms with E-state index in [-0.39, 0.29) is 24.9 Å². The van der Waals surface area contributed by atoms with Crippen molar-refractivity contribution in [2.24, 2.45) is 0 Å². The molecule has 2 aromatic carbocycles. The first-order valence-electron chi connectivity index (χ1n) is 10.5. The van der Waals surface area contributed by atoms with Gasteiger partial charge in [-0.2, -0.15) is 0 Å². The van der Waals surface area contributed by atoms with Crippen molar-refractivity contribution in [3.8, 4) is 11.1 Å². The lowest BCUT2D eigenvalue weighted by atomic mass is 9.98. The van der Waals surface area contributed by atoms with Gasteiger partial charge >= 0.3 is 12.1 Å². The van der Waals surface area contributed by atoms with Gasteiger partial charge in [-0.15, -0.1) is 11.3 Å². The lowest BCUT2D eigenvalue weighted by molar-refractivity contribution is -0.141. The summed E-state index contributed by atoms with van der Waals surface area (Å²) in [5, 5.41) is 14.3. The van der Waals surface area contributed by atoms with Crippen LogP contribution in [0.2, 0.25) is 0 Å². The molecule has 1 heterocycles. The SMILES string of the molecule is C[C@@H](NC(=O)CCc1cnc(NC(=O)OCC2c3ccccc3-c3ccccc32)s1)C(=O)O. The summed E-state index contributed by atoms with van der Waals surface area (Å²) in [6, 6.07) is 15.3. The van der Waals surface area contributed by atoms with E-state index in [0.717, 1.165) is 27.1 Å². The number of carbonyl (C=O) groups excluding carboxylic acids is 2. The number of benzene rings is 2. The largest absolute Gasteiger partial charge is 0.480 e. The number of thiazole rings is 1. The van der Waals surface area contributed by atoms with Crippen molar-refractivity contribution < 1.29 is 24.2 Å². The third kappa shape index (κ3) is 5.20. The molecule has 1 aliphatic carbocycles. The molecule has 33 heavy (non-hydrogen) atoms.